The van der Waals surface area contributed by atoms with Crippen LogP contribution in [0.5, 0.6) is 11.5 Å². The van der Waals surface area contributed by atoms with Gasteiger partial charge in [0.2, 0.25) is 0 Å². The number of ether oxygens (including phenoxy) is 4. The van der Waals surface area contributed by atoms with Crippen molar-refractivity contribution in [3.8, 4) is 11.5 Å². The van der Waals surface area contributed by atoms with Gasteiger partial charge in [-0.15, -0.1) is 0 Å². The van der Waals surface area contributed by atoms with Crippen LogP contribution in [0.25, 0.3) is 0 Å². The molecule has 1 aromatic rings. The van der Waals surface area contributed by atoms with E-state index in [1.807, 2.05) is 18.2 Å². The van der Waals surface area contributed by atoms with Gasteiger partial charge in [-0.1, -0.05) is 0 Å². The second kappa shape index (κ2) is 12.4. The Morgan fingerprint density at radius 2 is 2.15 bits per heavy atom. The van der Waals surface area contributed by atoms with Crippen molar-refractivity contribution in [1.82, 2.24) is 10.6 Å². The molecule has 1 unspecified atom stereocenters. The van der Waals surface area contributed by atoms with Gasteiger partial charge in [-0.25, -0.2) is 4.99 Å². The van der Waals surface area contributed by atoms with Gasteiger partial charge in [-0.2, -0.15) is 0 Å². The van der Waals surface area contributed by atoms with E-state index in [4.69, 9.17) is 18.9 Å². The van der Waals surface area contributed by atoms with Gasteiger partial charge in [0.05, 0.1) is 34.0 Å². The summed E-state index contributed by atoms with van der Waals surface area (Å²) in [7, 11) is 3.30. The third kappa shape index (κ3) is 7.64. The smallest absolute Gasteiger partial charge is 0.191 e. The minimum atomic E-state index is 0.528. The normalized spacial score (nSPS) is 17.0. The summed E-state index contributed by atoms with van der Waals surface area (Å²) in [6.45, 7) is 7.46. The number of guanidine groups is 1. The molecular formula is C20H33N3O4. The van der Waals surface area contributed by atoms with Crippen molar-refractivity contribution in [2.45, 2.75) is 26.3 Å². The van der Waals surface area contributed by atoms with Crippen LogP contribution in [0.4, 0.5) is 0 Å². The molecule has 7 nitrogen and oxygen atoms in total. The Bertz CT molecular complexity index is 574. The van der Waals surface area contributed by atoms with Gasteiger partial charge >= 0.3 is 0 Å². The van der Waals surface area contributed by atoms with E-state index in [9.17, 15) is 0 Å². The van der Waals surface area contributed by atoms with E-state index in [1.165, 1.54) is 0 Å². The molecular weight excluding hydrogens is 346 g/mol. The average molecular weight is 380 g/mol. The Balaban J connectivity index is 1.74. The van der Waals surface area contributed by atoms with Crippen molar-refractivity contribution in [1.29, 1.82) is 0 Å². The summed E-state index contributed by atoms with van der Waals surface area (Å²) < 4.78 is 21.8. The molecule has 1 aliphatic heterocycles. The van der Waals surface area contributed by atoms with Gasteiger partial charge in [-0.3, -0.25) is 0 Å². The zero-order valence-corrected chi connectivity index (χ0v) is 16.8. The molecule has 0 aromatic heterocycles. The molecule has 0 radical (unpaired) electrons. The Kier molecular flexibility index (Phi) is 9.79. The first kappa shape index (κ1) is 21.3. The molecule has 152 valence electrons. The van der Waals surface area contributed by atoms with Crippen molar-refractivity contribution >= 4 is 5.96 Å². The molecule has 7 heteroatoms. The topological polar surface area (TPSA) is 73.3 Å². The Morgan fingerprint density at radius 1 is 1.26 bits per heavy atom. The van der Waals surface area contributed by atoms with Crippen LogP contribution in [-0.2, 0) is 16.0 Å². The van der Waals surface area contributed by atoms with Gasteiger partial charge in [0.15, 0.2) is 5.96 Å². The minimum absolute atomic E-state index is 0.528. The van der Waals surface area contributed by atoms with Gasteiger partial charge in [0.1, 0.15) is 11.5 Å². The van der Waals surface area contributed by atoms with Crippen LogP contribution in [0.15, 0.2) is 23.2 Å². The number of nitrogens with one attached hydrogen (secondary N) is 2. The monoisotopic (exact) mass is 379 g/mol. The maximum absolute atomic E-state index is 5.73. The summed E-state index contributed by atoms with van der Waals surface area (Å²) in [6.07, 6.45) is 2.05. The fourth-order valence-electron chi connectivity index (χ4n) is 2.83. The second-order valence-corrected chi connectivity index (χ2v) is 6.46. The third-order valence-electron chi connectivity index (χ3n) is 4.38. The molecule has 1 saturated heterocycles. The average Bonchev–Trinajstić information content (AvgIpc) is 3.22. The Labute approximate surface area is 162 Å². The van der Waals surface area contributed by atoms with Gasteiger partial charge in [0.25, 0.3) is 0 Å². The molecule has 0 amide bonds. The zero-order valence-electron chi connectivity index (χ0n) is 16.8. The summed E-state index contributed by atoms with van der Waals surface area (Å²) in [5, 5.41) is 6.61. The Morgan fingerprint density at radius 3 is 2.85 bits per heavy atom. The first-order chi connectivity index (χ1) is 13.3. The van der Waals surface area contributed by atoms with E-state index < -0.39 is 0 Å². The van der Waals surface area contributed by atoms with Crippen LogP contribution in [0.3, 0.4) is 0 Å². The summed E-state index contributed by atoms with van der Waals surface area (Å²) >= 11 is 0. The highest BCUT2D eigenvalue weighted by Gasteiger charge is 2.15. The highest BCUT2D eigenvalue weighted by molar-refractivity contribution is 5.79. The number of hydrogen-bond donors (Lipinski definition) is 2. The summed E-state index contributed by atoms with van der Waals surface area (Å²) in [5.41, 5.74) is 1.01. The molecule has 1 atom stereocenters. The van der Waals surface area contributed by atoms with Gasteiger partial charge in [-0.05, 0) is 31.9 Å². The molecule has 1 aromatic carbocycles. The lowest BCUT2D eigenvalue weighted by Crippen LogP contribution is -2.38. The number of methoxy groups -OCH3 is 2. The van der Waals surface area contributed by atoms with Crippen molar-refractivity contribution in [2.75, 3.05) is 53.7 Å². The lowest BCUT2D eigenvalue weighted by molar-refractivity contribution is 0.0888. The maximum Gasteiger partial charge on any atom is 0.191 e. The number of aliphatic imine (C=N–C) groups is 1. The number of hydrogen-bond acceptors (Lipinski definition) is 5. The number of benzene rings is 1. The fourth-order valence-corrected chi connectivity index (χ4v) is 2.83. The Hall–Kier alpha value is -1.99. The first-order valence-electron chi connectivity index (χ1n) is 9.65. The van der Waals surface area contributed by atoms with Crippen LogP contribution in [-0.4, -0.2) is 59.7 Å². The third-order valence-corrected chi connectivity index (χ3v) is 4.38. The molecule has 27 heavy (non-hydrogen) atoms. The van der Waals surface area contributed by atoms with E-state index >= 15 is 0 Å². The molecule has 0 saturated carbocycles. The van der Waals surface area contributed by atoms with Crippen LogP contribution in [0.1, 0.15) is 25.3 Å². The molecule has 1 aliphatic rings. The number of rotatable bonds is 11. The maximum atomic E-state index is 5.73. The van der Waals surface area contributed by atoms with E-state index in [1.54, 1.807) is 14.2 Å². The van der Waals surface area contributed by atoms with E-state index in [-0.39, 0.29) is 0 Å². The van der Waals surface area contributed by atoms with Crippen molar-refractivity contribution in [2.24, 2.45) is 10.9 Å². The highest BCUT2D eigenvalue weighted by atomic mass is 16.5. The zero-order chi connectivity index (χ0) is 19.3. The SMILES string of the molecule is CCNC(=NCc1ccc(OC)cc1OC)NCCCOCC1CCOC1. The van der Waals surface area contributed by atoms with E-state index in [0.29, 0.717) is 12.5 Å². The highest BCUT2D eigenvalue weighted by Crippen LogP contribution is 2.25. The molecule has 0 spiro atoms. The molecule has 0 bridgehead atoms. The molecule has 1 heterocycles. The summed E-state index contributed by atoms with van der Waals surface area (Å²) in [4.78, 5) is 4.64. The molecule has 2 rings (SSSR count). The minimum Gasteiger partial charge on any atom is -0.497 e. The van der Waals surface area contributed by atoms with Crippen LogP contribution in [0.2, 0.25) is 0 Å². The summed E-state index contributed by atoms with van der Waals surface area (Å²) in [6, 6.07) is 5.77. The van der Waals surface area contributed by atoms with Gasteiger partial charge < -0.3 is 29.6 Å². The van der Waals surface area contributed by atoms with E-state index in [0.717, 1.165) is 75.4 Å². The summed E-state index contributed by atoms with van der Waals surface area (Å²) in [5.74, 6) is 2.91. The number of nitrogens with zero attached hydrogens (tertiary/aromatic N) is 1. The van der Waals surface area contributed by atoms with Crippen molar-refractivity contribution in [3.63, 3.8) is 0 Å². The van der Waals surface area contributed by atoms with Crippen LogP contribution in [0, 0.1) is 5.92 Å². The standard InChI is InChI=1S/C20H33N3O4/c1-4-21-20(22-9-5-10-26-14-16-8-11-27-15-16)23-13-17-6-7-18(24-2)12-19(17)25-3/h6-7,12,16H,4-5,8-11,13-15H2,1-3H3,(H2,21,22,23). The van der Waals surface area contributed by atoms with E-state index in [2.05, 4.69) is 22.5 Å². The second-order valence-electron chi connectivity index (χ2n) is 6.46. The first-order valence-corrected chi connectivity index (χ1v) is 9.65. The van der Waals surface area contributed by atoms with Crippen molar-refractivity contribution in [3.05, 3.63) is 23.8 Å². The predicted octanol–water partition coefficient (Wildman–Crippen LogP) is 2.20. The van der Waals surface area contributed by atoms with Crippen LogP contribution >= 0.6 is 0 Å². The lowest BCUT2D eigenvalue weighted by atomic mass is 10.1. The lowest BCUT2D eigenvalue weighted by Gasteiger charge is -2.13. The predicted molar refractivity (Wildman–Crippen MR) is 107 cm³/mol. The fraction of sp³-hybridized carbons (Fsp3) is 0.650. The largest absolute Gasteiger partial charge is 0.497 e. The molecule has 0 aliphatic carbocycles. The van der Waals surface area contributed by atoms with Gasteiger partial charge in [0, 0.05) is 43.9 Å². The quantitative estimate of drug-likeness (QED) is 0.349. The molecule has 2 N–H and O–H groups in total. The molecule has 1 fully saturated rings. The van der Waals surface area contributed by atoms with Crippen molar-refractivity contribution < 1.29 is 18.9 Å². The van der Waals surface area contributed by atoms with Crippen LogP contribution < -0.4 is 20.1 Å².